The maximum Gasteiger partial charge on any atom is 0.0283 e. The Balaban J connectivity index is -0.0000000462. The summed E-state index contributed by atoms with van der Waals surface area (Å²) in [6.45, 7) is 10.3. The normalized spacial score (nSPS) is 8.58. The summed E-state index contributed by atoms with van der Waals surface area (Å²) in [5.41, 5.74) is 1.89. The third-order valence-electron chi connectivity index (χ3n) is 0.957. The van der Waals surface area contributed by atoms with Crippen molar-refractivity contribution < 1.29 is 21.1 Å². The summed E-state index contributed by atoms with van der Waals surface area (Å²) in [7, 11) is 3.31. The van der Waals surface area contributed by atoms with Crippen molar-refractivity contribution in [3.8, 4) is 0 Å². The minimum absolute atomic E-state index is 0. The molecule has 0 aromatic rings. The molecule has 0 saturated carbocycles. The van der Waals surface area contributed by atoms with E-state index in [1.54, 1.807) is 12.1 Å². The van der Waals surface area contributed by atoms with E-state index in [2.05, 4.69) is 26.2 Å². The molecular formula is C7H26PtSi4. The Bertz CT molecular complexity index is 48.7. The van der Waals surface area contributed by atoms with E-state index in [0.29, 0.717) is 19.0 Å². The van der Waals surface area contributed by atoms with Gasteiger partial charge >= 0.3 is 0 Å². The van der Waals surface area contributed by atoms with Crippen molar-refractivity contribution in [2.45, 2.75) is 31.7 Å². The molecular weight excluding hydrogens is 391 g/mol. The first-order chi connectivity index (χ1) is 5.33. The van der Waals surface area contributed by atoms with Crippen molar-refractivity contribution in [3.63, 3.8) is 0 Å². The predicted octanol–water partition coefficient (Wildman–Crippen LogP) is -0.851. The Morgan fingerprint density at radius 1 is 1.17 bits per heavy atom. The van der Waals surface area contributed by atoms with Gasteiger partial charge in [0.1, 0.15) is 0 Å². The molecule has 0 saturated heterocycles. The molecule has 0 fully saturated rings. The van der Waals surface area contributed by atoms with Gasteiger partial charge in [0, 0.05) is 50.3 Å². The number of hydrogen-bond donors (Lipinski definition) is 0. The van der Waals surface area contributed by atoms with Crippen LogP contribution in [0.2, 0.25) is 31.7 Å². The second-order valence-corrected chi connectivity index (χ2v) is 6.35. The molecule has 0 aromatic heterocycles. The molecule has 0 nitrogen and oxygen atoms in total. The van der Waals surface area contributed by atoms with E-state index in [1.165, 1.54) is 10.2 Å². The van der Waals surface area contributed by atoms with Gasteiger partial charge in [0.25, 0.3) is 0 Å². The van der Waals surface area contributed by atoms with Gasteiger partial charge < -0.3 is 0 Å². The Labute approximate surface area is 104 Å². The van der Waals surface area contributed by atoms with Crippen molar-refractivity contribution in [2.75, 3.05) is 0 Å². The largest absolute Gasteiger partial charge is 0.112 e. The molecule has 80 valence electrons. The van der Waals surface area contributed by atoms with Gasteiger partial charge in [0.2, 0.25) is 0 Å². The fourth-order valence-corrected chi connectivity index (χ4v) is 4.50. The summed E-state index contributed by atoms with van der Waals surface area (Å²) >= 11 is 0. The van der Waals surface area contributed by atoms with Gasteiger partial charge in [-0.2, -0.15) is 0 Å². The van der Waals surface area contributed by atoms with Crippen LogP contribution in [0.1, 0.15) is 0 Å². The van der Waals surface area contributed by atoms with Crippen molar-refractivity contribution in [3.05, 3.63) is 12.3 Å². The molecule has 0 aliphatic rings. The van der Waals surface area contributed by atoms with Crippen LogP contribution in [-0.4, -0.2) is 39.5 Å². The molecule has 0 radical (unpaired) electrons. The maximum absolute atomic E-state index is 3.42. The van der Waals surface area contributed by atoms with E-state index >= 15 is 0 Å². The van der Waals surface area contributed by atoms with Gasteiger partial charge in [-0.3, -0.25) is 0 Å². The average Bonchev–Trinajstić information content (AvgIpc) is 2.06. The first-order valence-electron chi connectivity index (χ1n) is 4.90. The van der Waals surface area contributed by atoms with Crippen LogP contribution in [0, 0.1) is 0 Å². The number of rotatable bonds is 3. The molecule has 0 aliphatic carbocycles. The zero-order chi connectivity index (χ0) is 9.54. The minimum Gasteiger partial charge on any atom is -0.112 e. The van der Waals surface area contributed by atoms with Crippen LogP contribution < -0.4 is 0 Å². The van der Waals surface area contributed by atoms with Gasteiger partial charge in [-0.05, 0) is 10.2 Å². The Hall–Kier alpha value is 1.30. The van der Waals surface area contributed by atoms with Crippen LogP contribution in [0.25, 0.3) is 0 Å². The summed E-state index contributed by atoms with van der Waals surface area (Å²) in [6.07, 6.45) is 0. The van der Waals surface area contributed by atoms with Crippen LogP contribution in [0.5, 0.6) is 0 Å². The van der Waals surface area contributed by atoms with Crippen molar-refractivity contribution in [2.24, 2.45) is 0 Å². The molecule has 0 aliphatic heterocycles. The quantitative estimate of drug-likeness (QED) is 0.415. The zero-order valence-corrected chi connectivity index (χ0v) is 18.5. The third-order valence-corrected chi connectivity index (χ3v) is 4.37. The first-order valence-corrected chi connectivity index (χ1v) is 12.9. The van der Waals surface area contributed by atoms with Crippen LogP contribution >= 0.6 is 0 Å². The maximum atomic E-state index is 3.42. The summed E-state index contributed by atoms with van der Waals surface area (Å²) < 4.78 is 0. The van der Waals surface area contributed by atoms with Crippen LogP contribution in [0.4, 0.5) is 0 Å². The third kappa shape index (κ3) is 64.9. The van der Waals surface area contributed by atoms with Crippen LogP contribution in [-0.2, 0) is 21.1 Å². The second kappa shape index (κ2) is 39.6. The van der Waals surface area contributed by atoms with Gasteiger partial charge in [-0.1, -0.05) is 31.7 Å². The van der Waals surface area contributed by atoms with Gasteiger partial charge in [-0.15, -0.1) is 12.3 Å². The molecule has 0 atom stereocenters. The molecule has 5 heteroatoms. The van der Waals surface area contributed by atoms with Gasteiger partial charge in [-0.25, -0.2) is 0 Å². The summed E-state index contributed by atoms with van der Waals surface area (Å²) in [5.74, 6) is 0. The molecule has 0 amide bonds. The topological polar surface area (TPSA) is 0 Å². The van der Waals surface area contributed by atoms with Gasteiger partial charge in [0.15, 0.2) is 0 Å². The summed E-state index contributed by atoms with van der Waals surface area (Å²) in [6, 6.07) is 3.23. The fraction of sp³-hybridized carbons (Fsp3) is 0.714. The van der Waals surface area contributed by atoms with Crippen molar-refractivity contribution in [1.29, 1.82) is 0 Å². The summed E-state index contributed by atoms with van der Waals surface area (Å²) in [4.78, 5) is 0. The van der Waals surface area contributed by atoms with E-state index in [-0.39, 0.29) is 21.1 Å². The Kier molecular flexibility index (Phi) is 76.7. The first kappa shape index (κ1) is 23.3. The van der Waals surface area contributed by atoms with Crippen molar-refractivity contribution >= 4 is 39.5 Å². The van der Waals surface area contributed by atoms with E-state index in [4.69, 9.17) is 0 Å². The molecule has 0 N–H and O–H groups in total. The molecule has 0 heterocycles. The van der Waals surface area contributed by atoms with Gasteiger partial charge in [0.05, 0.1) is 0 Å². The molecule has 0 aromatic carbocycles. The van der Waals surface area contributed by atoms with Crippen LogP contribution in [0.15, 0.2) is 12.3 Å². The summed E-state index contributed by atoms with van der Waals surface area (Å²) in [5, 5.41) is 0. The smallest absolute Gasteiger partial charge is 0.0283 e. The fourth-order valence-electron chi connectivity index (χ4n) is 0.500. The van der Waals surface area contributed by atoms with E-state index < -0.39 is 0 Å². The van der Waals surface area contributed by atoms with E-state index in [0.717, 1.165) is 10.2 Å². The zero-order valence-electron chi connectivity index (χ0n) is 9.43. The molecule has 12 heavy (non-hydrogen) atoms. The Morgan fingerprint density at radius 3 is 1.42 bits per heavy atom. The standard InChI is InChI=1S/C4H14Si2.C2H6Si.CH6Si.Pt/c1-5-3-4-6-2;1-2-3;1-2;/h3-6H2,1-2H3;2H,1H2,3H3;1-2H3;. The van der Waals surface area contributed by atoms with Crippen molar-refractivity contribution in [1.82, 2.24) is 0 Å². The monoisotopic (exact) mass is 417 g/mol. The molecule has 0 unspecified atom stereocenters. The SMILES string of the molecule is C=C[SiH3].C[SiH2]CC[SiH2]C.C[SiH3].[Pt]. The predicted molar refractivity (Wildman–Crippen MR) is 74.4 cm³/mol. The average molecular weight is 418 g/mol. The number of hydrogen-bond acceptors (Lipinski definition) is 0. The second-order valence-electron chi connectivity index (χ2n) is 2.12. The Morgan fingerprint density at radius 2 is 1.33 bits per heavy atom. The van der Waals surface area contributed by atoms with E-state index in [1.807, 2.05) is 5.70 Å². The molecule has 0 spiro atoms. The van der Waals surface area contributed by atoms with Crippen LogP contribution in [0.3, 0.4) is 0 Å². The molecule has 0 bridgehead atoms. The molecule has 0 rings (SSSR count). The van der Waals surface area contributed by atoms with E-state index in [9.17, 15) is 0 Å². The minimum atomic E-state index is 0.